The van der Waals surface area contributed by atoms with Gasteiger partial charge in [-0.3, -0.25) is 14.4 Å². The molecule has 2 N–H and O–H groups in total. The number of benzene rings is 2. The fraction of sp³-hybridized carbons (Fsp3) is 0.208. The molecule has 0 saturated carbocycles. The molecule has 3 aromatic rings. The van der Waals surface area contributed by atoms with Crippen molar-refractivity contribution in [3.63, 3.8) is 0 Å². The lowest BCUT2D eigenvalue weighted by molar-refractivity contribution is 0.0963. The second-order valence-electron chi connectivity index (χ2n) is 7.36. The third-order valence-electron chi connectivity index (χ3n) is 5.48. The van der Waals surface area contributed by atoms with Crippen molar-refractivity contribution in [2.45, 2.75) is 18.8 Å². The van der Waals surface area contributed by atoms with Crippen LogP contribution in [0.2, 0.25) is 0 Å². The first-order valence-electron chi connectivity index (χ1n) is 9.88. The molecule has 2 aromatic carbocycles. The lowest BCUT2D eigenvalue weighted by Gasteiger charge is -2.24. The number of fused-ring (bicyclic) bond motifs is 1. The summed E-state index contributed by atoms with van der Waals surface area (Å²) in [6.07, 6.45) is 0.861. The normalized spacial score (nSPS) is 15.2. The molecule has 0 saturated heterocycles. The van der Waals surface area contributed by atoms with Crippen molar-refractivity contribution in [3.05, 3.63) is 87.3 Å². The minimum absolute atomic E-state index is 0.00225. The molecule has 0 spiro atoms. The zero-order valence-electron chi connectivity index (χ0n) is 17.2. The SMILES string of the molecule is COc1ccc(OC)c(NC(=O)c2cc3c([nH]c2=O)CC(c2ccccc2)CC3=O)c1. The number of amides is 1. The van der Waals surface area contributed by atoms with E-state index < -0.39 is 11.5 Å². The van der Waals surface area contributed by atoms with Gasteiger partial charge in [0.15, 0.2) is 5.78 Å². The molecule has 4 rings (SSSR count). The number of aromatic nitrogens is 1. The van der Waals surface area contributed by atoms with Gasteiger partial charge in [0.05, 0.1) is 19.9 Å². The highest BCUT2D eigenvalue weighted by Gasteiger charge is 2.29. The number of ketones is 1. The quantitative estimate of drug-likeness (QED) is 0.660. The van der Waals surface area contributed by atoms with Crippen LogP contribution in [0.25, 0.3) is 0 Å². The standard InChI is InChI=1S/C24H22N2O5/c1-30-16-8-9-22(31-2)20(12-16)26-24(29)18-13-17-19(25-23(18)28)10-15(11-21(17)27)14-6-4-3-5-7-14/h3-9,12-13,15H,10-11H2,1-2H3,(H,25,28)(H,26,29). The predicted octanol–water partition coefficient (Wildman–Crippen LogP) is 3.56. The number of anilines is 1. The van der Waals surface area contributed by atoms with E-state index in [1.165, 1.54) is 20.3 Å². The van der Waals surface area contributed by atoms with Crippen molar-refractivity contribution in [3.8, 4) is 11.5 Å². The fourth-order valence-corrected chi connectivity index (χ4v) is 3.86. The zero-order chi connectivity index (χ0) is 22.0. The maximum atomic E-state index is 12.8. The second-order valence-corrected chi connectivity index (χ2v) is 7.36. The molecule has 1 aromatic heterocycles. The molecule has 1 heterocycles. The van der Waals surface area contributed by atoms with E-state index >= 15 is 0 Å². The van der Waals surface area contributed by atoms with E-state index in [9.17, 15) is 14.4 Å². The largest absolute Gasteiger partial charge is 0.497 e. The molecule has 1 aliphatic carbocycles. The Morgan fingerprint density at radius 1 is 1.00 bits per heavy atom. The number of nitrogens with one attached hydrogen (secondary N) is 2. The number of Topliss-reactive ketones (excluding diaryl/α,β-unsaturated/α-hetero) is 1. The van der Waals surface area contributed by atoms with Gasteiger partial charge in [0.1, 0.15) is 17.1 Å². The number of carbonyl (C=O) groups is 2. The summed E-state index contributed by atoms with van der Waals surface area (Å²) in [6.45, 7) is 0. The molecule has 31 heavy (non-hydrogen) atoms. The number of H-pyrrole nitrogens is 1. The van der Waals surface area contributed by atoms with Gasteiger partial charge in [-0.15, -0.1) is 0 Å². The van der Waals surface area contributed by atoms with Crippen LogP contribution < -0.4 is 20.3 Å². The van der Waals surface area contributed by atoms with Crippen molar-refractivity contribution < 1.29 is 19.1 Å². The Kier molecular flexibility index (Phi) is 5.58. The zero-order valence-corrected chi connectivity index (χ0v) is 17.2. The van der Waals surface area contributed by atoms with Crippen molar-refractivity contribution in [1.29, 1.82) is 0 Å². The molecule has 0 bridgehead atoms. The van der Waals surface area contributed by atoms with Crippen LogP contribution in [0.4, 0.5) is 5.69 Å². The first-order valence-corrected chi connectivity index (χ1v) is 9.88. The van der Waals surface area contributed by atoms with Crippen LogP contribution >= 0.6 is 0 Å². The summed E-state index contributed by atoms with van der Waals surface area (Å²) < 4.78 is 10.4. The van der Waals surface area contributed by atoms with Crippen molar-refractivity contribution in [2.24, 2.45) is 0 Å². The summed E-state index contributed by atoms with van der Waals surface area (Å²) >= 11 is 0. The van der Waals surface area contributed by atoms with Crippen LogP contribution in [0.5, 0.6) is 11.5 Å². The third kappa shape index (κ3) is 4.07. The first kappa shape index (κ1) is 20.4. The van der Waals surface area contributed by atoms with Crippen LogP contribution in [0.15, 0.2) is 59.4 Å². The lowest BCUT2D eigenvalue weighted by atomic mass is 9.81. The average molecular weight is 418 g/mol. The minimum atomic E-state index is -0.631. The van der Waals surface area contributed by atoms with Crippen LogP contribution in [0, 0.1) is 0 Å². The topological polar surface area (TPSA) is 97.5 Å². The van der Waals surface area contributed by atoms with Gasteiger partial charge in [-0.2, -0.15) is 0 Å². The van der Waals surface area contributed by atoms with Gasteiger partial charge in [-0.25, -0.2) is 0 Å². The molecule has 0 aliphatic heterocycles. The van der Waals surface area contributed by atoms with Gasteiger partial charge >= 0.3 is 0 Å². The number of rotatable bonds is 5. The summed E-state index contributed by atoms with van der Waals surface area (Å²) in [5, 5.41) is 2.67. The molecular formula is C24H22N2O5. The van der Waals surface area contributed by atoms with Crippen LogP contribution in [-0.4, -0.2) is 30.9 Å². The highest BCUT2D eigenvalue weighted by atomic mass is 16.5. The second kappa shape index (κ2) is 8.47. The molecule has 158 valence electrons. The van der Waals surface area contributed by atoms with Gasteiger partial charge in [-0.05, 0) is 36.1 Å². The Balaban J connectivity index is 1.63. The fourth-order valence-electron chi connectivity index (χ4n) is 3.86. The highest BCUT2D eigenvalue weighted by Crippen LogP contribution is 2.32. The smallest absolute Gasteiger partial charge is 0.261 e. The van der Waals surface area contributed by atoms with Gasteiger partial charge < -0.3 is 19.8 Å². The van der Waals surface area contributed by atoms with E-state index in [-0.39, 0.29) is 17.3 Å². The van der Waals surface area contributed by atoms with Crippen LogP contribution in [0.3, 0.4) is 0 Å². The molecule has 1 amide bonds. The van der Waals surface area contributed by atoms with E-state index in [1.54, 1.807) is 18.2 Å². The Morgan fingerprint density at radius 2 is 1.77 bits per heavy atom. The lowest BCUT2D eigenvalue weighted by Crippen LogP contribution is -2.29. The van der Waals surface area contributed by atoms with Crippen LogP contribution in [0.1, 0.15) is 44.3 Å². The Hall–Kier alpha value is -3.87. The summed E-state index contributed by atoms with van der Waals surface area (Å²) in [5.74, 6) is 0.216. The van der Waals surface area contributed by atoms with Gasteiger partial charge in [0, 0.05) is 23.7 Å². The van der Waals surface area contributed by atoms with E-state index in [1.807, 2.05) is 30.3 Å². The summed E-state index contributed by atoms with van der Waals surface area (Å²) in [4.78, 5) is 41.1. The van der Waals surface area contributed by atoms with E-state index in [4.69, 9.17) is 9.47 Å². The molecule has 7 heteroatoms. The molecule has 1 unspecified atom stereocenters. The number of aromatic amines is 1. The third-order valence-corrected chi connectivity index (χ3v) is 5.48. The van der Waals surface area contributed by atoms with Gasteiger partial charge in [0.2, 0.25) is 0 Å². The van der Waals surface area contributed by atoms with Gasteiger partial charge in [0.25, 0.3) is 11.5 Å². The predicted molar refractivity (Wildman–Crippen MR) is 116 cm³/mol. The number of hydrogen-bond donors (Lipinski definition) is 2. The maximum Gasteiger partial charge on any atom is 0.261 e. The van der Waals surface area contributed by atoms with Gasteiger partial charge in [-0.1, -0.05) is 30.3 Å². The van der Waals surface area contributed by atoms with Crippen LogP contribution in [-0.2, 0) is 6.42 Å². The number of methoxy groups -OCH3 is 2. The van der Waals surface area contributed by atoms with E-state index in [0.717, 1.165) is 5.56 Å². The van der Waals surface area contributed by atoms with Crippen molar-refractivity contribution in [2.75, 3.05) is 19.5 Å². The van der Waals surface area contributed by atoms with Crippen molar-refractivity contribution in [1.82, 2.24) is 4.98 Å². The summed E-state index contributed by atoms with van der Waals surface area (Å²) in [5.41, 5.74) is 1.68. The van der Waals surface area contributed by atoms with E-state index in [0.29, 0.717) is 41.3 Å². The number of carbonyl (C=O) groups excluding carboxylic acids is 2. The molecule has 1 atom stereocenters. The molecule has 0 fully saturated rings. The maximum absolute atomic E-state index is 12.8. The number of pyridine rings is 1. The Morgan fingerprint density at radius 3 is 2.48 bits per heavy atom. The van der Waals surface area contributed by atoms with E-state index in [2.05, 4.69) is 10.3 Å². The first-order chi connectivity index (χ1) is 15.0. The number of ether oxygens (including phenoxy) is 2. The molecule has 0 radical (unpaired) electrons. The molecule has 7 nitrogen and oxygen atoms in total. The summed E-state index contributed by atoms with van der Waals surface area (Å²) in [6, 6.07) is 16.1. The monoisotopic (exact) mass is 418 g/mol. The molecule has 1 aliphatic rings. The number of hydrogen-bond acceptors (Lipinski definition) is 5. The summed E-state index contributed by atoms with van der Waals surface area (Å²) in [7, 11) is 2.99. The molecular weight excluding hydrogens is 396 g/mol. The highest BCUT2D eigenvalue weighted by molar-refractivity contribution is 6.07. The Bertz CT molecular complexity index is 1200. The average Bonchev–Trinajstić information content (AvgIpc) is 2.79. The minimum Gasteiger partial charge on any atom is -0.497 e. The van der Waals surface area contributed by atoms with Crippen molar-refractivity contribution >= 4 is 17.4 Å². The Labute approximate surface area is 179 Å².